The Kier molecular flexibility index (Phi) is 4.61. The van der Waals surface area contributed by atoms with E-state index in [9.17, 15) is 30.0 Å². The third-order valence-corrected chi connectivity index (χ3v) is 5.62. The van der Waals surface area contributed by atoms with Gasteiger partial charge in [0.2, 0.25) is 5.78 Å². The number of phenolic OH excluding ortho intramolecular Hbond substituents is 4. The van der Waals surface area contributed by atoms with Crippen molar-refractivity contribution >= 4 is 11.6 Å². The summed E-state index contributed by atoms with van der Waals surface area (Å²) in [5.41, 5.74) is 1.69. The minimum absolute atomic E-state index is 0.0166. The van der Waals surface area contributed by atoms with Gasteiger partial charge in [-0.25, -0.2) is 0 Å². The fourth-order valence-corrected chi connectivity index (χ4v) is 4.34. The van der Waals surface area contributed by atoms with Crippen LogP contribution in [-0.2, 0) is 6.42 Å². The van der Waals surface area contributed by atoms with Crippen LogP contribution in [0.15, 0.2) is 30.3 Å². The predicted octanol–water partition coefficient (Wildman–Crippen LogP) is 3.83. The summed E-state index contributed by atoms with van der Waals surface area (Å²) in [7, 11) is 1.32. The Labute approximate surface area is 177 Å². The Morgan fingerprint density at radius 3 is 2.26 bits per heavy atom. The van der Waals surface area contributed by atoms with E-state index in [1.54, 1.807) is 19.1 Å². The molecule has 0 saturated carbocycles. The number of hydrogen-bond acceptors (Lipinski definition) is 7. The van der Waals surface area contributed by atoms with E-state index in [1.165, 1.54) is 32.2 Å². The van der Waals surface area contributed by atoms with Crippen molar-refractivity contribution in [2.75, 3.05) is 7.11 Å². The molecule has 0 aromatic heterocycles. The lowest BCUT2D eigenvalue weighted by Crippen LogP contribution is -2.17. The van der Waals surface area contributed by atoms with Gasteiger partial charge < -0.3 is 25.2 Å². The molecule has 0 bridgehead atoms. The van der Waals surface area contributed by atoms with E-state index in [4.69, 9.17) is 4.74 Å². The van der Waals surface area contributed by atoms with Crippen LogP contribution in [0.5, 0.6) is 28.7 Å². The smallest absolute Gasteiger partial charge is 0.201 e. The number of fused-ring (bicyclic) bond motifs is 2. The van der Waals surface area contributed by atoms with Crippen molar-refractivity contribution < 1.29 is 34.8 Å². The summed E-state index contributed by atoms with van der Waals surface area (Å²) >= 11 is 0. The van der Waals surface area contributed by atoms with Crippen LogP contribution in [0.1, 0.15) is 49.9 Å². The maximum absolute atomic E-state index is 13.2. The van der Waals surface area contributed by atoms with Crippen LogP contribution >= 0.6 is 0 Å². The van der Waals surface area contributed by atoms with Crippen molar-refractivity contribution in [3.63, 3.8) is 0 Å². The average molecular weight is 420 g/mol. The lowest BCUT2D eigenvalue weighted by molar-refractivity contribution is 0.100. The maximum Gasteiger partial charge on any atom is 0.201 e. The van der Waals surface area contributed by atoms with Gasteiger partial charge in [0.15, 0.2) is 5.78 Å². The lowest BCUT2D eigenvalue weighted by atomic mass is 9.78. The zero-order chi connectivity index (χ0) is 22.6. The summed E-state index contributed by atoms with van der Waals surface area (Å²) in [4.78, 5) is 25.3. The van der Waals surface area contributed by atoms with Crippen molar-refractivity contribution in [1.82, 2.24) is 0 Å². The molecule has 1 aliphatic carbocycles. The van der Waals surface area contributed by atoms with E-state index < -0.39 is 17.3 Å². The quantitative estimate of drug-likeness (QED) is 0.371. The van der Waals surface area contributed by atoms with Crippen molar-refractivity contribution in [3.05, 3.63) is 63.7 Å². The molecule has 0 fully saturated rings. The highest BCUT2D eigenvalue weighted by atomic mass is 16.5. The third-order valence-electron chi connectivity index (χ3n) is 5.62. The highest BCUT2D eigenvalue weighted by Gasteiger charge is 2.34. The number of carbonyl (C=O) groups excluding carboxylic acids is 2. The monoisotopic (exact) mass is 420 g/mol. The normalized spacial score (nSPS) is 12.3. The highest BCUT2D eigenvalue weighted by Crippen LogP contribution is 2.50. The summed E-state index contributed by atoms with van der Waals surface area (Å²) in [5.74, 6) is -2.29. The van der Waals surface area contributed by atoms with Gasteiger partial charge in [-0.05, 0) is 54.7 Å². The van der Waals surface area contributed by atoms with Gasteiger partial charge in [0.25, 0.3) is 0 Å². The molecule has 0 heterocycles. The predicted molar refractivity (Wildman–Crippen MR) is 113 cm³/mol. The Bertz CT molecular complexity index is 1290. The SMILES string of the molecule is COc1cc(O)c(-c2c(C)cc(O)c3c2Cc2cccc(O)c2C3=O)c(O)c1C(C)=O. The molecule has 0 amide bonds. The number of carbonyl (C=O) groups is 2. The van der Waals surface area contributed by atoms with Gasteiger partial charge in [-0.2, -0.15) is 0 Å². The van der Waals surface area contributed by atoms with Gasteiger partial charge in [0.1, 0.15) is 34.3 Å². The van der Waals surface area contributed by atoms with Gasteiger partial charge in [0.05, 0.1) is 23.8 Å². The van der Waals surface area contributed by atoms with E-state index in [2.05, 4.69) is 0 Å². The van der Waals surface area contributed by atoms with E-state index in [-0.39, 0.29) is 51.7 Å². The van der Waals surface area contributed by atoms with Crippen LogP contribution in [0, 0.1) is 6.92 Å². The second-order valence-electron chi connectivity index (χ2n) is 7.51. The van der Waals surface area contributed by atoms with E-state index in [1.807, 2.05) is 0 Å². The minimum Gasteiger partial charge on any atom is -0.507 e. The second-order valence-corrected chi connectivity index (χ2v) is 7.51. The fraction of sp³-hybridized carbons (Fsp3) is 0.167. The molecular formula is C24H20O7. The Morgan fingerprint density at radius 1 is 0.935 bits per heavy atom. The first kappa shape index (κ1) is 20.3. The van der Waals surface area contributed by atoms with Gasteiger partial charge in [-0.1, -0.05) is 12.1 Å². The van der Waals surface area contributed by atoms with Crippen LogP contribution in [-0.4, -0.2) is 39.1 Å². The summed E-state index contributed by atoms with van der Waals surface area (Å²) < 4.78 is 5.14. The molecule has 0 radical (unpaired) electrons. The maximum atomic E-state index is 13.2. The van der Waals surface area contributed by atoms with Gasteiger partial charge >= 0.3 is 0 Å². The number of phenols is 4. The summed E-state index contributed by atoms with van der Waals surface area (Å²) in [6, 6.07) is 7.28. The zero-order valence-electron chi connectivity index (χ0n) is 17.1. The third kappa shape index (κ3) is 2.89. The molecule has 158 valence electrons. The van der Waals surface area contributed by atoms with Crippen molar-refractivity contribution in [1.29, 1.82) is 0 Å². The van der Waals surface area contributed by atoms with Crippen molar-refractivity contribution in [2.24, 2.45) is 0 Å². The van der Waals surface area contributed by atoms with Crippen LogP contribution in [0.3, 0.4) is 0 Å². The largest absolute Gasteiger partial charge is 0.507 e. The van der Waals surface area contributed by atoms with Crippen molar-refractivity contribution in [2.45, 2.75) is 20.3 Å². The minimum atomic E-state index is -0.563. The van der Waals surface area contributed by atoms with E-state index in [0.29, 0.717) is 22.3 Å². The second kappa shape index (κ2) is 7.05. The first-order valence-electron chi connectivity index (χ1n) is 9.52. The molecule has 0 saturated heterocycles. The fourth-order valence-electron chi connectivity index (χ4n) is 4.34. The molecule has 1 aliphatic rings. The highest BCUT2D eigenvalue weighted by molar-refractivity contribution is 6.17. The Hall–Kier alpha value is -4.00. The molecule has 0 spiro atoms. The molecule has 7 heteroatoms. The number of rotatable bonds is 3. The molecular weight excluding hydrogens is 400 g/mol. The van der Waals surface area contributed by atoms with Crippen LogP contribution in [0.2, 0.25) is 0 Å². The van der Waals surface area contributed by atoms with Crippen LogP contribution in [0.4, 0.5) is 0 Å². The van der Waals surface area contributed by atoms with Crippen molar-refractivity contribution in [3.8, 4) is 39.9 Å². The molecule has 3 aromatic carbocycles. The number of methoxy groups -OCH3 is 1. The van der Waals surface area contributed by atoms with E-state index >= 15 is 0 Å². The topological polar surface area (TPSA) is 124 Å². The number of Topliss-reactive ketones (excluding diaryl/α,β-unsaturated/α-hetero) is 1. The number of ether oxygens (including phenoxy) is 1. The number of aromatic hydroxyl groups is 4. The molecule has 0 unspecified atom stereocenters. The van der Waals surface area contributed by atoms with Gasteiger partial charge in [0, 0.05) is 6.07 Å². The van der Waals surface area contributed by atoms with E-state index in [0.717, 1.165) is 0 Å². The molecule has 3 aromatic rings. The lowest BCUT2D eigenvalue weighted by Gasteiger charge is -2.25. The van der Waals surface area contributed by atoms with Gasteiger partial charge in [-0.15, -0.1) is 0 Å². The summed E-state index contributed by atoms with van der Waals surface area (Å²) in [5, 5.41) is 42.4. The number of aryl methyl sites for hydroxylation is 1. The van der Waals surface area contributed by atoms with Gasteiger partial charge in [-0.3, -0.25) is 9.59 Å². The van der Waals surface area contributed by atoms with Crippen LogP contribution in [0.25, 0.3) is 11.1 Å². The van der Waals surface area contributed by atoms with Crippen LogP contribution < -0.4 is 4.74 Å². The molecule has 0 atom stereocenters. The first-order valence-corrected chi connectivity index (χ1v) is 9.52. The Balaban J connectivity index is 2.09. The average Bonchev–Trinajstić information content (AvgIpc) is 2.68. The summed E-state index contributed by atoms with van der Waals surface area (Å²) in [6.45, 7) is 2.93. The number of hydrogen-bond donors (Lipinski definition) is 4. The standard InChI is InChI=1S/C24H20O7/c1-10-7-15(27)21-13(8-12-5-4-6-14(26)20(12)24(21)30)18(10)22-16(28)9-17(31-3)19(11(2)25)23(22)29/h4-7,9,26-29H,8H2,1-3H3. The zero-order valence-corrected chi connectivity index (χ0v) is 17.1. The molecule has 0 aliphatic heterocycles. The molecule has 4 N–H and O–H groups in total. The molecule has 4 rings (SSSR count). The summed E-state index contributed by atoms with van der Waals surface area (Å²) in [6.07, 6.45) is 0.162. The first-order chi connectivity index (χ1) is 14.7. The number of ketones is 2. The number of benzene rings is 3. The molecule has 7 nitrogen and oxygen atoms in total. The molecule has 31 heavy (non-hydrogen) atoms. The Morgan fingerprint density at radius 2 is 1.61 bits per heavy atom.